The van der Waals surface area contributed by atoms with Crippen LogP contribution in [0.2, 0.25) is 0 Å². The molecule has 0 aromatic heterocycles. The minimum atomic E-state index is -4.54. The second-order valence-corrected chi connectivity index (χ2v) is 5.96. The fraction of sp³-hybridized carbons (Fsp3) is 0.286. The van der Waals surface area contributed by atoms with E-state index in [0.717, 1.165) is 12.1 Å². The number of halogens is 3. The Morgan fingerprint density at radius 1 is 1.00 bits per heavy atom. The maximum atomic E-state index is 13.1. The number of hydrogen-bond donors (Lipinski definition) is 0. The van der Waals surface area contributed by atoms with Gasteiger partial charge in [0.1, 0.15) is 6.10 Å². The van der Waals surface area contributed by atoms with Crippen LogP contribution < -0.4 is 14.2 Å². The summed E-state index contributed by atoms with van der Waals surface area (Å²) in [6, 6.07) is 8.21. The summed E-state index contributed by atoms with van der Waals surface area (Å²) in [7, 11) is 4.38. The molecule has 0 amide bonds. The van der Waals surface area contributed by atoms with Crippen LogP contribution in [-0.4, -0.2) is 27.3 Å². The van der Waals surface area contributed by atoms with Crippen molar-refractivity contribution in [1.82, 2.24) is 0 Å². The average molecular weight is 410 g/mol. The first-order chi connectivity index (χ1) is 13.7. The second kappa shape index (κ2) is 9.36. The van der Waals surface area contributed by atoms with E-state index in [9.17, 15) is 18.0 Å². The third-order valence-electron chi connectivity index (χ3n) is 4.10. The zero-order valence-electron chi connectivity index (χ0n) is 16.4. The van der Waals surface area contributed by atoms with Gasteiger partial charge in [0.25, 0.3) is 0 Å². The molecule has 0 heterocycles. The van der Waals surface area contributed by atoms with Crippen LogP contribution >= 0.6 is 0 Å². The molecule has 0 aliphatic carbocycles. The Morgan fingerprint density at radius 2 is 1.59 bits per heavy atom. The molecule has 0 spiro atoms. The second-order valence-electron chi connectivity index (χ2n) is 5.96. The van der Waals surface area contributed by atoms with Crippen LogP contribution in [0.1, 0.15) is 29.7 Å². The van der Waals surface area contributed by atoms with Gasteiger partial charge in [-0.1, -0.05) is 18.2 Å². The number of esters is 1. The summed E-state index contributed by atoms with van der Waals surface area (Å²) < 4.78 is 60.2. The predicted molar refractivity (Wildman–Crippen MR) is 101 cm³/mol. The zero-order valence-corrected chi connectivity index (χ0v) is 16.4. The minimum absolute atomic E-state index is 0.116. The molecule has 0 saturated heterocycles. The maximum Gasteiger partial charge on any atom is 0.416 e. The van der Waals surface area contributed by atoms with Crippen molar-refractivity contribution < 1.29 is 36.9 Å². The Labute approximate surface area is 166 Å². The van der Waals surface area contributed by atoms with Gasteiger partial charge in [-0.2, -0.15) is 13.2 Å². The third-order valence-corrected chi connectivity index (χ3v) is 4.10. The number of carbonyl (C=O) groups is 1. The number of rotatable bonds is 7. The van der Waals surface area contributed by atoms with Crippen LogP contribution in [0.4, 0.5) is 13.2 Å². The Balaban J connectivity index is 2.19. The van der Waals surface area contributed by atoms with E-state index < -0.39 is 23.8 Å². The van der Waals surface area contributed by atoms with Crippen molar-refractivity contribution in [3.8, 4) is 17.2 Å². The normalized spacial score (nSPS) is 12.5. The number of hydrogen-bond acceptors (Lipinski definition) is 5. The zero-order chi connectivity index (χ0) is 21.6. The lowest BCUT2D eigenvalue weighted by molar-refractivity contribution is -0.146. The summed E-state index contributed by atoms with van der Waals surface area (Å²) in [5.74, 6) is 0.398. The van der Waals surface area contributed by atoms with Gasteiger partial charge in [-0.25, -0.2) is 4.79 Å². The molecule has 156 valence electrons. The molecular formula is C21H21F3O5. The lowest BCUT2D eigenvalue weighted by atomic mass is 10.0. The Kier molecular flexibility index (Phi) is 7.14. The van der Waals surface area contributed by atoms with Gasteiger partial charge >= 0.3 is 12.1 Å². The molecular weight excluding hydrogens is 389 g/mol. The van der Waals surface area contributed by atoms with Crippen LogP contribution in [0.5, 0.6) is 17.2 Å². The molecule has 0 aliphatic heterocycles. The quantitative estimate of drug-likeness (QED) is 0.472. The molecule has 0 N–H and O–H groups in total. The van der Waals surface area contributed by atoms with E-state index >= 15 is 0 Å². The van der Waals surface area contributed by atoms with E-state index in [4.69, 9.17) is 18.9 Å². The van der Waals surface area contributed by atoms with E-state index in [-0.39, 0.29) is 5.56 Å². The highest BCUT2D eigenvalue weighted by molar-refractivity contribution is 5.87. The largest absolute Gasteiger partial charge is 0.493 e. The van der Waals surface area contributed by atoms with Crippen molar-refractivity contribution in [2.45, 2.75) is 19.2 Å². The summed E-state index contributed by atoms with van der Waals surface area (Å²) >= 11 is 0. The van der Waals surface area contributed by atoms with Gasteiger partial charge < -0.3 is 18.9 Å². The number of benzene rings is 2. The summed E-state index contributed by atoms with van der Waals surface area (Å²) in [6.45, 7) is 1.38. The molecule has 8 heteroatoms. The topological polar surface area (TPSA) is 54.0 Å². The van der Waals surface area contributed by atoms with Gasteiger partial charge in [-0.05, 0) is 36.8 Å². The molecule has 0 radical (unpaired) electrons. The monoisotopic (exact) mass is 410 g/mol. The molecule has 0 fully saturated rings. The summed E-state index contributed by atoms with van der Waals surface area (Å²) in [5.41, 5.74) is -0.400. The van der Waals surface area contributed by atoms with Crippen LogP contribution in [0.3, 0.4) is 0 Å². The Bertz CT molecular complexity index is 865. The number of methoxy groups -OCH3 is 3. The van der Waals surface area contributed by atoms with Gasteiger partial charge in [-0.15, -0.1) is 0 Å². The molecule has 0 saturated carbocycles. The number of alkyl halides is 3. The molecule has 2 aromatic carbocycles. The molecule has 1 atom stereocenters. The number of ether oxygens (including phenoxy) is 4. The first kappa shape index (κ1) is 22.1. The van der Waals surface area contributed by atoms with Gasteiger partial charge in [0.05, 0.1) is 26.9 Å². The maximum absolute atomic E-state index is 13.1. The smallest absolute Gasteiger partial charge is 0.416 e. The molecule has 0 unspecified atom stereocenters. The van der Waals surface area contributed by atoms with E-state index in [2.05, 4.69) is 0 Å². The fourth-order valence-electron chi connectivity index (χ4n) is 2.75. The Hall–Kier alpha value is -3.16. The van der Waals surface area contributed by atoms with Gasteiger partial charge in [0, 0.05) is 11.6 Å². The van der Waals surface area contributed by atoms with Crippen molar-refractivity contribution in [3.63, 3.8) is 0 Å². The minimum Gasteiger partial charge on any atom is -0.493 e. The highest BCUT2D eigenvalue weighted by Gasteiger charge is 2.34. The van der Waals surface area contributed by atoms with Crippen molar-refractivity contribution in [2.24, 2.45) is 0 Å². The van der Waals surface area contributed by atoms with Crippen molar-refractivity contribution in [1.29, 1.82) is 0 Å². The fourth-order valence-corrected chi connectivity index (χ4v) is 2.75. The number of carbonyl (C=O) groups excluding carboxylic acids is 1. The van der Waals surface area contributed by atoms with Crippen LogP contribution in [-0.2, 0) is 15.7 Å². The highest BCUT2D eigenvalue weighted by Crippen LogP contribution is 2.38. The highest BCUT2D eigenvalue weighted by atomic mass is 19.4. The molecule has 0 aliphatic rings. The van der Waals surface area contributed by atoms with Crippen LogP contribution in [0.25, 0.3) is 6.08 Å². The molecule has 29 heavy (non-hydrogen) atoms. The van der Waals surface area contributed by atoms with Gasteiger partial charge in [0.2, 0.25) is 5.75 Å². The van der Waals surface area contributed by atoms with Crippen molar-refractivity contribution in [2.75, 3.05) is 21.3 Å². The molecule has 2 rings (SSSR count). The summed E-state index contributed by atoms with van der Waals surface area (Å²) in [5, 5.41) is 0. The van der Waals surface area contributed by atoms with Crippen molar-refractivity contribution >= 4 is 12.0 Å². The predicted octanol–water partition coefficient (Wildman–Crippen LogP) is 5.05. The summed E-state index contributed by atoms with van der Waals surface area (Å²) in [4.78, 5) is 12.1. The summed E-state index contributed by atoms with van der Waals surface area (Å²) in [6.07, 6.45) is -3.06. The third kappa shape index (κ3) is 5.43. The van der Waals surface area contributed by atoms with E-state index in [1.54, 1.807) is 12.1 Å². The SMILES string of the molecule is COc1cc(/C=C/C(=O)O[C@H](C)c2ccccc2C(F)(F)F)cc(OC)c1OC. The van der Waals surface area contributed by atoms with E-state index in [1.807, 2.05) is 0 Å². The molecule has 0 bridgehead atoms. The van der Waals surface area contributed by atoms with Gasteiger partial charge in [-0.3, -0.25) is 0 Å². The first-order valence-corrected chi connectivity index (χ1v) is 8.56. The first-order valence-electron chi connectivity index (χ1n) is 8.56. The average Bonchev–Trinajstić information content (AvgIpc) is 2.70. The standard InChI is InChI=1S/C21H21F3O5/c1-13(15-7-5-6-8-16(15)21(22,23)24)29-19(25)10-9-14-11-17(26-2)20(28-4)18(12-14)27-3/h5-13H,1-4H3/b10-9+/t13-/m1/s1. The van der Waals surface area contributed by atoms with E-state index in [1.165, 1.54) is 52.5 Å². The lowest BCUT2D eigenvalue weighted by Crippen LogP contribution is -2.14. The van der Waals surface area contributed by atoms with Crippen LogP contribution in [0.15, 0.2) is 42.5 Å². The van der Waals surface area contributed by atoms with Crippen LogP contribution in [0, 0.1) is 0 Å². The lowest BCUT2D eigenvalue weighted by Gasteiger charge is -2.18. The molecule has 5 nitrogen and oxygen atoms in total. The Morgan fingerprint density at radius 3 is 2.10 bits per heavy atom. The molecule has 2 aromatic rings. The van der Waals surface area contributed by atoms with E-state index in [0.29, 0.717) is 22.8 Å². The van der Waals surface area contributed by atoms with Crippen molar-refractivity contribution in [3.05, 3.63) is 59.2 Å². The van der Waals surface area contributed by atoms with Gasteiger partial charge in [0.15, 0.2) is 11.5 Å².